The fourth-order valence-corrected chi connectivity index (χ4v) is 2.43. The van der Waals surface area contributed by atoms with Crippen molar-refractivity contribution < 1.29 is 22.5 Å². The molecule has 90 valence electrons. The second-order valence-electron chi connectivity index (χ2n) is 2.99. The van der Waals surface area contributed by atoms with E-state index in [-0.39, 0.29) is 30.9 Å². The summed E-state index contributed by atoms with van der Waals surface area (Å²) >= 11 is 0. The number of hydrogen-bond donors (Lipinski definition) is 2. The highest BCUT2D eigenvalue weighted by Gasteiger charge is 2.10. The summed E-state index contributed by atoms with van der Waals surface area (Å²) in [6, 6.07) is 0. The monoisotopic (exact) mass is 257 g/mol. The maximum atomic E-state index is 11.2. The minimum Gasteiger partial charge on any atom is -0.481 e. The standard InChI is InChI=1S/C7H15NO5S2/c1-14(11)5-4-8-15(12,13)6-2-3-7(9)10/h8H,2-6H2,1H3,(H,9,10). The zero-order valence-corrected chi connectivity index (χ0v) is 10.1. The van der Waals surface area contributed by atoms with Crippen LogP contribution in [0.2, 0.25) is 0 Å². The van der Waals surface area contributed by atoms with Gasteiger partial charge in [0.05, 0.1) is 5.75 Å². The molecule has 1 unspecified atom stereocenters. The van der Waals surface area contributed by atoms with Gasteiger partial charge in [-0.3, -0.25) is 9.00 Å². The Morgan fingerprint density at radius 3 is 2.53 bits per heavy atom. The molecule has 0 amide bonds. The smallest absolute Gasteiger partial charge is 0.303 e. The summed E-state index contributed by atoms with van der Waals surface area (Å²) < 4.78 is 35.3. The van der Waals surface area contributed by atoms with E-state index in [9.17, 15) is 17.4 Å². The normalized spacial score (nSPS) is 13.7. The van der Waals surface area contributed by atoms with Gasteiger partial charge in [-0.05, 0) is 6.42 Å². The van der Waals surface area contributed by atoms with Crippen molar-refractivity contribution in [2.45, 2.75) is 12.8 Å². The van der Waals surface area contributed by atoms with Gasteiger partial charge in [0, 0.05) is 35.8 Å². The van der Waals surface area contributed by atoms with Crippen LogP contribution < -0.4 is 4.72 Å². The Hall–Kier alpha value is -0.470. The number of carboxylic acid groups (broad SMARTS) is 1. The molecule has 2 N–H and O–H groups in total. The van der Waals surface area contributed by atoms with Gasteiger partial charge in [-0.1, -0.05) is 0 Å². The summed E-state index contributed by atoms with van der Waals surface area (Å²) in [6.45, 7) is 0.124. The summed E-state index contributed by atoms with van der Waals surface area (Å²) in [5.74, 6) is -0.965. The third-order valence-electron chi connectivity index (χ3n) is 1.52. The summed E-state index contributed by atoms with van der Waals surface area (Å²) in [4.78, 5) is 10.1. The molecule has 1 atom stereocenters. The van der Waals surface area contributed by atoms with Crippen molar-refractivity contribution in [1.82, 2.24) is 4.72 Å². The highest BCUT2D eigenvalue weighted by molar-refractivity contribution is 7.89. The molecule has 0 aromatic rings. The van der Waals surface area contributed by atoms with Gasteiger partial charge in [0.15, 0.2) is 0 Å². The van der Waals surface area contributed by atoms with Crippen LogP contribution in [0.4, 0.5) is 0 Å². The Morgan fingerprint density at radius 2 is 2.07 bits per heavy atom. The van der Waals surface area contributed by atoms with Crippen molar-refractivity contribution >= 4 is 26.8 Å². The number of rotatable bonds is 8. The van der Waals surface area contributed by atoms with Crippen LogP contribution in [0.3, 0.4) is 0 Å². The Bertz CT molecular complexity index is 298. The van der Waals surface area contributed by atoms with Crippen LogP contribution in [0, 0.1) is 0 Å². The van der Waals surface area contributed by atoms with E-state index in [0.717, 1.165) is 0 Å². The first-order valence-corrected chi connectivity index (χ1v) is 7.70. The molecule has 8 heteroatoms. The number of sulfonamides is 1. The summed E-state index contributed by atoms with van der Waals surface area (Å²) in [7, 11) is -4.46. The predicted molar refractivity (Wildman–Crippen MR) is 57.6 cm³/mol. The van der Waals surface area contributed by atoms with Crippen LogP contribution in [0.1, 0.15) is 12.8 Å². The van der Waals surface area contributed by atoms with Crippen LogP contribution >= 0.6 is 0 Å². The predicted octanol–water partition coefficient (Wildman–Crippen LogP) is -0.851. The molecule has 0 spiro atoms. The lowest BCUT2D eigenvalue weighted by Gasteiger charge is -2.04. The molecule has 0 heterocycles. The second kappa shape index (κ2) is 6.91. The quantitative estimate of drug-likeness (QED) is 0.590. The Morgan fingerprint density at radius 1 is 1.47 bits per heavy atom. The number of aliphatic carboxylic acids is 1. The number of carbonyl (C=O) groups is 1. The number of hydrogen-bond acceptors (Lipinski definition) is 4. The Kier molecular flexibility index (Phi) is 6.70. The van der Waals surface area contributed by atoms with Gasteiger partial charge in [-0.15, -0.1) is 0 Å². The van der Waals surface area contributed by atoms with Gasteiger partial charge >= 0.3 is 5.97 Å². The summed E-state index contributed by atoms with van der Waals surface area (Å²) in [5.41, 5.74) is 0. The minimum atomic E-state index is -3.42. The van der Waals surface area contributed by atoms with Crippen molar-refractivity contribution in [3.05, 3.63) is 0 Å². The average molecular weight is 257 g/mol. The molecule has 0 saturated heterocycles. The summed E-state index contributed by atoms with van der Waals surface area (Å²) in [6.07, 6.45) is 1.40. The molecular formula is C7H15NO5S2. The van der Waals surface area contributed by atoms with Gasteiger partial charge in [0.2, 0.25) is 10.0 Å². The second-order valence-corrected chi connectivity index (χ2v) is 6.47. The molecule has 0 aliphatic carbocycles. The van der Waals surface area contributed by atoms with E-state index in [0.29, 0.717) is 0 Å². The fraction of sp³-hybridized carbons (Fsp3) is 0.857. The van der Waals surface area contributed by atoms with E-state index >= 15 is 0 Å². The van der Waals surface area contributed by atoms with Crippen molar-refractivity contribution in [3.8, 4) is 0 Å². The van der Waals surface area contributed by atoms with Crippen LogP contribution in [0.5, 0.6) is 0 Å². The van der Waals surface area contributed by atoms with Crippen LogP contribution in [-0.2, 0) is 25.6 Å². The molecule has 0 aromatic carbocycles. The zero-order chi connectivity index (χ0) is 11.9. The van der Waals surface area contributed by atoms with Gasteiger partial charge in [0.1, 0.15) is 0 Å². The van der Waals surface area contributed by atoms with Crippen molar-refractivity contribution in [2.75, 3.05) is 24.3 Å². The number of carboxylic acids is 1. The molecule has 0 bridgehead atoms. The van der Waals surface area contributed by atoms with E-state index < -0.39 is 26.8 Å². The molecule has 15 heavy (non-hydrogen) atoms. The average Bonchev–Trinajstić information content (AvgIpc) is 2.01. The first-order valence-electron chi connectivity index (χ1n) is 4.32. The van der Waals surface area contributed by atoms with Gasteiger partial charge in [0.25, 0.3) is 0 Å². The van der Waals surface area contributed by atoms with Crippen molar-refractivity contribution in [1.29, 1.82) is 0 Å². The van der Waals surface area contributed by atoms with Gasteiger partial charge < -0.3 is 5.11 Å². The highest BCUT2D eigenvalue weighted by Crippen LogP contribution is 1.94. The van der Waals surface area contributed by atoms with Crippen molar-refractivity contribution in [2.24, 2.45) is 0 Å². The van der Waals surface area contributed by atoms with Crippen LogP contribution in [0.15, 0.2) is 0 Å². The highest BCUT2D eigenvalue weighted by atomic mass is 32.2. The Labute approximate surface area is 91.6 Å². The molecular weight excluding hydrogens is 242 g/mol. The first kappa shape index (κ1) is 14.5. The lowest BCUT2D eigenvalue weighted by atomic mass is 10.3. The molecule has 0 aromatic heterocycles. The Balaban J connectivity index is 3.77. The summed E-state index contributed by atoms with van der Waals surface area (Å²) in [5, 5.41) is 8.30. The molecule has 0 rings (SSSR count). The maximum absolute atomic E-state index is 11.2. The molecule has 6 nitrogen and oxygen atoms in total. The molecule has 0 fully saturated rings. The topological polar surface area (TPSA) is 101 Å². The van der Waals surface area contributed by atoms with E-state index in [4.69, 9.17) is 5.11 Å². The fourth-order valence-electron chi connectivity index (χ4n) is 0.826. The van der Waals surface area contributed by atoms with Gasteiger partial charge in [-0.25, -0.2) is 13.1 Å². The van der Waals surface area contributed by atoms with E-state index in [2.05, 4.69) is 4.72 Å². The largest absolute Gasteiger partial charge is 0.481 e. The third-order valence-corrected chi connectivity index (χ3v) is 3.76. The number of nitrogens with one attached hydrogen (secondary N) is 1. The maximum Gasteiger partial charge on any atom is 0.303 e. The van der Waals surface area contributed by atoms with Crippen molar-refractivity contribution in [3.63, 3.8) is 0 Å². The SMILES string of the molecule is CS(=O)CCNS(=O)(=O)CCCC(=O)O. The molecule has 0 radical (unpaired) electrons. The molecule has 0 aliphatic rings. The molecule has 0 aliphatic heterocycles. The third kappa shape index (κ3) is 9.83. The van der Waals surface area contributed by atoms with Gasteiger partial charge in [-0.2, -0.15) is 0 Å². The van der Waals surface area contributed by atoms with Crippen LogP contribution in [-0.4, -0.2) is 48.0 Å². The van der Waals surface area contributed by atoms with E-state index in [1.54, 1.807) is 0 Å². The minimum absolute atomic E-state index is 0.0832. The lowest BCUT2D eigenvalue weighted by molar-refractivity contribution is -0.137. The van der Waals surface area contributed by atoms with Crippen LogP contribution in [0.25, 0.3) is 0 Å². The van der Waals surface area contributed by atoms with E-state index in [1.807, 2.05) is 0 Å². The van der Waals surface area contributed by atoms with E-state index in [1.165, 1.54) is 6.26 Å². The zero-order valence-electron chi connectivity index (χ0n) is 8.43. The lowest BCUT2D eigenvalue weighted by Crippen LogP contribution is -2.30. The molecule has 0 saturated carbocycles. The first-order chi connectivity index (χ1) is 6.83.